The van der Waals surface area contributed by atoms with Gasteiger partial charge in [0.15, 0.2) is 17.5 Å². The van der Waals surface area contributed by atoms with E-state index in [1.54, 1.807) is 6.20 Å². The van der Waals surface area contributed by atoms with E-state index in [9.17, 15) is 0 Å². The minimum Gasteiger partial charge on any atom is -0.264 e. The van der Waals surface area contributed by atoms with Crippen LogP contribution in [0.15, 0.2) is 176 Å². The first kappa shape index (κ1) is 34.0. The highest BCUT2D eigenvalue weighted by molar-refractivity contribution is 6.06. The third-order valence-electron chi connectivity index (χ3n) is 11.2. The van der Waals surface area contributed by atoms with E-state index in [4.69, 9.17) is 21.5 Å². The number of benzene rings is 7. The fourth-order valence-corrected chi connectivity index (χ4v) is 8.23. The van der Waals surface area contributed by atoms with Crippen LogP contribution in [0.2, 0.25) is 0 Å². The fraction of sp³-hybridized carbons (Fsp3) is 0.0577. The summed E-state index contributed by atoms with van der Waals surface area (Å²) in [7, 11) is 0. The number of pyridine rings is 1. The molecule has 7 aromatic carbocycles. The summed E-state index contributed by atoms with van der Waals surface area (Å²) in [6.45, 7) is 12.8. The van der Waals surface area contributed by atoms with Gasteiger partial charge in [0.25, 0.3) is 0 Å². The number of nitrogens with zero attached hydrogens (tertiary/aromatic N) is 5. The maximum atomic E-state index is 8.24. The van der Waals surface area contributed by atoms with E-state index in [-0.39, 0.29) is 5.41 Å². The lowest BCUT2D eigenvalue weighted by Gasteiger charge is -2.23. The molecule has 57 heavy (non-hydrogen) atoms. The monoisotopic (exact) mass is 729 g/mol. The first-order valence-corrected chi connectivity index (χ1v) is 19.1. The van der Waals surface area contributed by atoms with Crippen molar-refractivity contribution in [1.82, 2.24) is 19.9 Å². The van der Waals surface area contributed by atoms with Crippen molar-refractivity contribution in [3.05, 3.63) is 199 Å². The zero-order valence-electron chi connectivity index (χ0n) is 31.5. The van der Waals surface area contributed by atoms with Gasteiger partial charge in [-0.3, -0.25) is 4.98 Å². The highest BCUT2D eigenvalue weighted by Gasteiger charge is 2.38. The smallest absolute Gasteiger partial charge is 0.202 e. The summed E-state index contributed by atoms with van der Waals surface area (Å²) < 4.78 is 0. The third kappa shape index (κ3) is 5.96. The van der Waals surface area contributed by atoms with Gasteiger partial charge >= 0.3 is 0 Å². The van der Waals surface area contributed by atoms with Crippen LogP contribution in [-0.2, 0) is 5.41 Å². The Bertz CT molecular complexity index is 3020. The van der Waals surface area contributed by atoms with E-state index in [0.29, 0.717) is 17.5 Å². The van der Waals surface area contributed by atoms with Gasteiger partial charge < -0.3 is 0 Å². The van der Waals surface area contributed by atoms with Gasteiger partial charge in [0, 0.05) is 40.1 Å². The molecule has 2 heterocycles. The molecule has 10 rings (SSSR count). The zero-order chi connectivity index (χ0) is 38.5. The lowest BCUT2D eigenvalue weighted by Crippen LogP contribution is -2.15. The Morgan fingerprint density at radius 3 is 1.68 bits per heavy atom. The summed E-state index contributed by atoms with van der Waals surface area (Å²) in [5, 5.41) is 2.09. The van der Waals surface area contributed by atoms with Crippen molar-refractivity contribution < 1.29 is 0 Å². The van der Waals surface area contributed by atoms with Crippen molar-refractivity contribution in [3.8, 4) is 78.7 Å². The predicted octanol–water partition coefficient (Wildman–Crippen LogP) is 13.3. The molecule has 5 heteroatoms. The SMILES string of the molecule is [C-]#[N+]c1c2c(cc3ccccc13)C(C)(C)c1cc(-c3cc(-c4cccnc4)cc(-c4nc(-c5ccccc5)nc(-c5ccc(-c6ccccc6)cc5)n4)c3)ccc1-2. The van der Waals surface area contributed by atoms with Crippen LogP contribution < -0.4 is 0 Å². The predicted molar refractivity (Wildman–Crippen MR) is 232 cm³/mol. The molecule has 2 aromatic heterocycles. The first-order chi connectivity index (χ1) is 27.9. The molecule has 0 fully saturated rings. The summed E-state index contributed by atoms with van der Waals surface area (Å²) >= 11 is 0. The topological polar surface area (TPSA) is 55.9 Å². The summed E-state index contributed by atoms with van der Waals surface area (Å²) in [5.41, 5.74) is 14.1. The van der Waals surface area contributed by atoms with Gasteiger partial charge in [-0.2, -0.15) is 0 Å². The summed E-state index contributed by atoms with van der Waals surface area (Å²) in [4.78, 5) is 23.9. The van der Waals surface area contributed by atoms with Crippen LogP contribution in [0.3, 0.4) is 0 Å². The standard InChI is InChI=1S/C52H35N5/c1-52(2)45-30-37(24-25-44(45)47-46(52)31-38-17-10-11-19-43(38)48(47)53-3)40-27-41(39-18-12-26-54-32-39)29-42(28-40)51-56-49(35-15-8-5-9-16-35)55-50(57-51)36-22-20-34(21-23-36)33-13-6-4-7-14-33/h4-32H,1-2H3. The first-order valence-electron chi connectivity index (χ1n) is 19.1. The second-order valence-electron chi connectivity index (χ2n) is 15.0. The van der Waals surface area contributed by atoms with E-state index in [1.807, 2.05) is 60.8 Å². The van der Waals surface area contributed by atoms with Crippen molar-refractivity contribution in [3.63, 3.8) is 0 Å². The lowest BCUT2D eigenvalue weighted by molar-refractivity contribution is 0.661. The third-order valence-corrected chi connectivity index (χ3v) is 11.2. The number of fused-ring (bicyclic) bond motifs is 4. The number of hydrogen-bond acceptors (Lipinski definition) is 4. The van der Waals surface area contributed by atoms with Gasteiger partial charge in [-0.25, -0.2) is 19.8 Å². The van der Waals surface area contributed by atoms with E-state index in [0.717, 1.165) is 77.7 Å². The second kappa shape index (κ2) is 13.6. The maximum absolute atomic E-state index is 8.24. The molecule has 0 spiro atoms. The van der Waals surface area contributed by atoms with Crippen molar-refractivity contribution in [1.29, 1.82) is 0 Å². The molecule has 0 bridgehead atoms. The number of rotatable bonds is 6. The van der Waals surface area contributed by atoms with Gasteiger partial charge in [0.2, 0.25) is 5.69 Å². The molecule has 5 nitrogen and oxygen atoms in total. The van der Waals surface area contributed by atoms with Crippen LogP contribution in [-0.4, -0.2) is 19.9 Å². The van der Waals surface area contributed by atoms with Crippen LogP contribution in [0, 0.1) is 6.57 Å². The molecule has 0 saturated heterocycles. The van der Waals surface area contributed by atoms with Gasteiger partial charge in [-0.05, 0) is 91.2 Å². The Labute approximate surface area is 331 Å². The normalized spacial score (nSPS) is 12.5. The molecule has 268 valence electrons. The Morgan fingerprint density at radius 1 is 0.456 bits per heavy atom. The van der Waals surface area contributed by atoms with Crippen LogP contribution in [0.25, 0.3) is 94.3 Å². The van der Waals surface area contributed by atoms with Gasteiger partial charge in [0.05, 0.1) is 6.57 Å². The van der Waals surface area contributed by atoms with Crippen LogP contribution in [0.4, 0.5) is 5.69 Å². The molecule has 1 aliphatic rings. The summed E-state index contributed by atoms with van der Waals surface area (Å²) in [6.07, 6.45) is 3.69. The lowest BCUT2D eigenvalue weighted by atomic mass is 9.81. The van der Waals surface area contributed by atoms with E-state index < -0.39 is 0 Å². The highest BCUT2D eigenvalue weighted by Crippen LogP contribution is 2.55. The molecule has 0 atom stereocenters. The van der Waals surface area contributed by atoms with Crippen LogP contribution in [0.1, 0.15) is 25.0 Å². The number of aromatic nitrogens is 4. The molecule has 0 unspecified atom stereocenters. The van der Waals surface area contributed by atoms with E-state index >= 15 is 0 Å². The number of hydrogen-bond donors (Lipinski definition) is 0. The van der Waals surface area contributed by atoms with Crippen molar-refractivity contribution in [2.24, 2.45) is 0 Å². The molecule has 0 radical (unpaired) electrons. The fourth-order valence-electron chi connectivity index (χ4n) is 8.23. The van der Waals surface area contributed by atoms with E-state index in [1.165, 1.54) is 11.1 Å². The minimum atomic E-state index is -0.308. The Balaban J connectivity index is 1.14. The van der Waals surface area contributed by atoms with E-state index in [2.05, 4.69) is 133 Å². The molecule has 9 aromatic rings. The molecule has 0 saturated carbocycles. The molecule has 0 N–H and O–H groups in total. The Hall–Kier alpha value is -7.55. The van der Waals surface area contributed by atoms with Gasteiger partial charge in [0.1, 0.15) is 0 Å². The summed E-state index contributed by atoms with van der Waals surface area (Å²) in [5.74, 6) is 1.79. The Morgan fingerprint density at radius 2 is 1.00 bits per heavy atom. The quantitative estimate of drug-likeness (QED) is 0.160. The van der Waals surface area contributed by atoms with Crippen molar-refractivity contribution >= 4 is 16.5 Å². The highest BCUT2D eigenvalue weighted by atomic mass is 15.0. The van der Waals surface area contributed by atoms with Crippen LogP contribution >= 0.6 is 0 Å². The van der Waals surface area contributed by atoms with Crippen LogP contribution in [0.5, 0.6) is 0 Å². The van der Waals surface area contributed by atoms with Crippen molar-refractivity contribution in [2.75, 3.05) is 0 Å². The Kier molecular flexibility index (Phi) is 8.13. The average Bonchev–Trinajstić information content (AvgIpc) is 3.50. The maximum Gasteiger partial charge on any atom is 0.202 e. The largest absolute Gasteiger partial charge is 0.264 e. The molecule has 0 amide bonds. The summed E-state index contributed by atoms with van der Waals surface area (Å²) in [6, 6.07) is 56.6. The second-order valence-corrected chi connectivity index (χ2v) is 15.0. The van der Waals surface area contributed by atoms with Crippen molar-refractivity contribution in [2.45, 2.75) is 19.3 Å². The molecule has 1 aliphatic carbocycles. The minimum absolute atomic E-state index is 0.308. The molecular formula is C52H35N5. The zero-order valence-corrected chi connectivity index (χ0v) is 31.5. The van der Waals surface area contributed by atoms with Gasteiger partial charge in [-0.15, -0.1) is 0 Å². The van der Waals surface area contributed by atoms with Gasteiger partial charge in [-0.1, -0.05) is 147 Å². The molecule has 0 aliphatic heterocycles. The molecular weight excluding hydrogens is 695 g/mol. The average molecular weight is 730 g/mol.